The second kappa shape index (κ2) is 28.2. The van der Waals surface area contributed by atoms with Gasteiger partial charge in [-0.05, 0) is 77.1 Å². The van der Waals surface area contributed by atoms with Gasteiger partial charge in [0.25, 0.3) is 5.85 Å². The highest BCUT2D eigenvalue weighted by atomic mass is 35.9. The van der Waals surface area contributed by atoms with E-state index in [9.17, 15) is 47.7 Å². The van der Waals surface area contributed by atoms with Crippen molar-refractivity contribution in [3.63, 3.8) is 0 Å². The Kier molecular flexibility index (Phi) is 21.7. The maximum atomic E-state index is 12.0. The topological polar surface area (TPSA) is 452 Å². The summed E-state index contributed by atoms with van der Waals surface area (Å²) in [6, 6.07) is 18.2. The maximum Gasteiger partial charge on any atom is 0.419 e. The predicted molar refractivity (Wildman–Crippen MR) is 298 cm³/mol. The minimum atomic E-state index is -4.38. The van der Waals surface area contributed by atoms with Crippen LogP contribution in [0.1, 0.15) is 69.3 Å². The largest absolute Gasteiger partial charge is 0.419 e. The third-order valence-corrected chi connectivity index (χ3v) is 13.5. The van der Waals surface area contributed by atoms with Crippen molar-refractivity contribution in [2.45, 2.75) is 53.0 Å². The van der Waals surface area contributed by atoms with Crippen LogP contribution in [0, 0.1) is 0 Å². The van der Waals surface area contributed by atoms with E-state index < -0.39 is 45.4 Å². The lowest BCUT2D eigenvalue weighted by molar-refractivity contribution is 0.100. The number of carbonyl (C=O) groups is 6. The first-order chi connectivity index (χ1) is 38.6. The van der Waals surface area contributed by atoms with Crippen LogP contribution < -0.4 is 31.9 Å². The number of anilines is 3. The number of amides is 6. The summed E-state index contributed by atoms with van der Waals surface area (Å²) >= 11 is 16.0. The van der Waals surface area contributed by atoms with E-state index in [2.05, 4.69) is 81.3 Å². The van der Waals surface area contributed by atoms with Gasteiger partial charge in [0, 0.05) is 72.2 Å². The molecule has 0 unspecified atom stereocenters. The van der Waals surface area contributed by atoms with Gasteiger partial charge in [0.15, 0.2) is 17.3 Å². The van der Waals surface area contributed by atoms with Crippen molar-refractivity contribution < 1.29 is 75.9 Å². The summed E-state index contributed by atoms with van der Waals surface area (Å²) in [6.07, 6.45) is 3.35. The van der Waals surface area contributed by atoms with Gasteiger partial charge in [0.1, 0.15) is 65.5 Å². The van der Waals surface area contributed by atoms with Gasteiger partial charge >= 0.3 is 33.6 Å². The van der Waals surface area contributed by atoms with Crippen LogP contribution in [0.25, 0.3) is 32.7 Å². The molecule has 9 rings (SSSR count). The number of fused-ring (bicyclic) bond motifs is 3. The fourth-order valence-corrected chi connectivity index (χ4v) is 8.66. The lowest BCUT2D eigenvalue weighted by Gasteiger charge is -2.08. The first-order valence-electron chi connectivity index (χ1n) is 23.1. The van der Waals surface area contributed by atoms with Gasteiger partial charge in [-0.2, -0.15) is 30.0 Å². The van der Waals surface area contributed by atoms with Crippen LogP contribution in [0.3, 0.4) is 0 Å². The minimum Gasteiger partial charge on any atom is -0.364 e. The number of hydrogen-bond acceptors (Lipinski definition) is 20. The second-order valence-electron chi connectivity index (χ2n) is 16.9. The Hall–Kier alpha value is -7.92. The molecule has 9 aromatic rings. The Morgan fingerprint density at radius 3 is 1.27 bits per heavy atom. The molecule has 31 nitrogen and oxygen atoms in total. The molecule has 434 valence electrons. The van der Waals surface area contributed by atoms with Crippen LogP contribution in [-0.2, 0) is 41.3 Å². The molecule has 0 aliphatic heterocycles. The molecule has 0 bridgehead atoms. The van der Waals surface area contributed by atoms with E-state index in [1.807, 2.05) is 0 Å². The van der Waals surface area contributed by atoms with Gasteiger partial charge < -0.3 is 55.3 Å². The number of nitrogens with zero attached hydrogens (tertiary/aromatic N) is 8. The van der Waals surface area contributed by atoms with E-state index in [4.69, 9.17) is 48.8 Å². The number of H-pyrrole nitrogens is 1. The number of nitrogens with one attached hydrogen (secondary N) is 7. The highest BCUT2D eigenvalue weighted by Gasteiger charge is 2.27. The van der Waals surface area contributed by atoms with Gasteiger partial charge in [-0.1, -0.05) is 27.1 Å². The van der Waals surface area contributed by atoms with Crippen LogP contribution in [-0.4, -0.2) is 111 Å². The van der Waals surface area contributed by atoms with Crippen molar-refractivity contribution in [2.75, 3.05) is 21.6 Å². The molecule has 37 heteroatoms. The molecule has 0 spiro atoms. The Morgan fingerprint density at radius 1 is 0.573 bits per heavy atom. The number of carbonyl (C=O) groups excluding carboxylic acids is 6. The molecule has 12 N–H and O–H groups in total. The zero-order chi connectivity index (χ0) is 59.9. The number of benzene rings is 3. The lowest BCUT2D eigenvalue weighted by atomic mass is 10.1. The van der Waals surface area contributed by atoms with Crippen LogP contribution >= 0.6 is 55.5 Å². The summed E-state index contributed by atoms with van der Waals surface area (Å²) in [4.78, 5) is 113. The summed E-state index contributed by atoms with van der Waals surface area (Å²) in [7, 11) is -8.01. The average molecular weight is 1250 g/mol. The molecule has 0 saturated carbocycles. The van der Waals surface area contributed by atoms with Gasteiger partial charge in [-0.25, -0.2) is 14.4 Å². The molecule has 0 aliphatic carbocycles. The van der Waals surface area contributed by atoms with Crippen LogP contribution in [0.15, 0.2) is 105 Å². The number of Topliss-reactive ketones (excluding diaryl/α,β-unsaturated/α-hetero) is 3. The maximum absolute atomic E-state index is 12.0. The summed E-state index contributed by atoms with van der Waals surface area (Å²) in [5.74, 6) is -4.23. The summed E-state index contributed by atoms with van der Waals surface area (Å²) in [5, 5.41) is 43.3. The monoisotopic (exact) mass is 1250 g/mol. The average Bonchev–Trinajstić information content (AvgIpc) is 4.48. The highest BCUT2D eigenvalue weighted by Crippen LogP contribution is 2.58. The van der Waals surface area contributed by atoms with Crippen LogP contribution in [0.5, 0.6) is 0 Å². The Morgan fingerprint density at radius 2 is 0.939 bits per heavy atom. The SMILES string of the molecule is CC(=O)c1n[nH]c2ccc(NC(=O)NCc3ccon3)cc12.CC(=O)c1nn(CP(=O)(Cl)Cl)c2ccc(NC(=O)NCc3ccon3)cc12.CC(=O)c1nn(CP(=O)(O)O)c2ccc(NC(=O)NCc3ccon3)cc12.O[P+](O)(O)CCl. The first-order valence-corrected chi connectivity index (χ1v) is 31.0. The highest BCUT2D eigenvalue weighted by molar-refractivity contribution is 8.07. The number of rotatable bonds is 17. The third kappa shape index (κ3) is 19.4. The van der Waals surface area contributed by atoms with Crippen LogP contribution in [0.4, 0.5) is 31.4 Å². The smallest absolute Gasteiger partial charge is 0.364 e. The van der Waals surface area contributed by atoms with Gasteiger partial charge in [0.2, 0.25) is 5.62 Å². The Bertz CT molecular complexity index is 3630. The van der Waals surface area contributed by atoms with E-state index >= 15 is 0 Å². The number of aromatic amines is 1. The summed E-state index contributed by atoms with van der Waals surface area (Å²) < 4.78 is 39.4. The zero-order valence-electron chi connectivity index (χ0n) is 42.7. The standard InChI is InChI=1S/C15H14Cl2N5O4P.C15H16N5O6P.C14H13N5O3.CH5ClO3P/c1-9(23)14-12-6-10(19-15(24)18-7-11-4-5-26-21-11)2-3-13(12)22(20-14)8-27(16,17)25;1-9(21)14-12-6-10(17-15(22)16-7-11-4-5-26-19-11)2-3-13(12)20(18-14)8-27(23,24)25;1-8(20)13-11-6-9(2-3-12(11)17-18-13)16-14(21)15-7-10-4-5-22-19-10;2-1-6(3,4)5/h2-6H,7-8H2,1H3,(H2,18,19,24);2-6H,7-8H2,1H3,(H2,16,17,22)(H2,23,24,25);2-6H,7H2,1H3,(H,17,18)(H2,15,16,21);3-5H,1H2/q;;;+1. The van der Waals surface area contributed by atoms with Crippen molar-refractivity contribution >= 4 is 141 Å². The number of urea groups is 3. The minimum absolute atomic E-state index is 0.0603. The fourth-order valence-electron chi connectivity index (χ4n) is 6.96. The molecule has 0 radical (unpaired) electrons. The zero-order valence-corrected chi connectivity index (χ0v) is 47.6. The molecule has 6 amide bonds. The summed E-state index contributed by atoms with van der Waals surface area (Å²) in [5.41, 5.74) is 4.88. The van der Waals surface area contributed by atoms with Crippen LogP contribution in [0.2, 0.25) is 0 Å². The number of hydrogen-bond donors (Lipinski definition) is 12. The van der Waals surface area contributed by atoms with E-state index in [-0.39, 0.29) is 60.7 Å². The number of halogens is 3. The molecule has 6 aromatic heterocycles. The molecule has 0 atom stereocenters. The molecule has 3 aromatic carbocycles. The van der Waals surface area contributed by atoms with Crippen molar-refractivity contribution in [1.29, 1.82) is 0 Å². The van der Waals surface area contributed by atoms with E-state index in [0.29, 0.717) is 67.0 Å². The third-order valence-electron chi connectivity index (χ3n) is 10.4. The number of alkyl halides is 1. The van der Waals surface area contributed by atoms with Crippen molar-refractivity contribution in [3.05, 3.63) is 126 Å². The predicted octanol–water partition coefficient (Wildman–Crippen LogP) is 7.86. The summed E-state index contributed by atoms with van der Waals surface area (Å²) in [6.45, 7) is 4.73. The van der Waals surface area contributed by atoms with Gasteiger partial charge in [-0.3, -0.25) is 38.0 Å². The number of aromatic nitrogens is 9. The molecule has 6 heterocycles. The molecule has 0 saturated heterocycles. The van der Waals surface area contributed by atoms with Gasteiger partial charge in [0.05, 0.1) is 36.2 Å². The molecular formula is C45H48Cl3N15O16P3+. The quantitative estimate of drug-likeness (QED) is 0.0234. The number of ketones is 3. The van der Waals surface area contributed by atoms with E-state index in [1.165, 1.54) is 56.4 Å². The van der Waals surface area contributed by atoms with Crippen molar-refractivity contribution in [2.24, 2.45) is 0 Å². The van der Waals surface area contributed by atoms with E-state index in [1.54, 1.807) is 60.7 Å². The second-order valence-corrected chi connectivity index (χ2v) is 26.1. The molecule has 82 heavy (non-hydrogen) atoms. The molecule has 0 fully saturated rings. The fraction of sp³-hybridized carbons (Fsp3) is 0.200. The molecule has 0 aliphatic rings. The molecular weight excluding hydrogens is 1210 g/mol. The van der Waals surface area contributed by atoms with Gasteiger partial charge in [-0.15, -0.1) is 0 Å². The van der Waals surface area contributed by atoms with Crippen molar-refractivity contribution in [3.8, 4) is 0 Å². The Labute approximate surface area is 476 Å². The van der Waals surface area contributed by atoms with Crippen molar-refractivity contribution in [1.82, 2.24) is 61.2 Å². The normalized spacial score (nSPS) is 11.3. The first kappa shape index (κ1) is 63.3. The van der Waals surface area contributed by atoms with E-state index in [0.717, 1.165) is 10.2 Å². The Balaban J connectivity index is 0.000000189. The lowest BCUT2D eigenvalue weighted by Crippen LogP contribution is -2.28.